The van der Waals surface area contributed by atoms with E-state index < -0.39 is 83.8 Å². The van der Waals surface area contributed by atoms with Gasteiger partial charge in [0.15, 0.2) is 6.10 Å². The topological polar surface area (TPSA) is 112 Å². The lowest BCUT2D eigenvalue weighted by atomic mass is 10.0. The number of fused-ring (bicyclic) bond motifs is 1. The third-order valence-electron chi connectivity index (χ3n) is 6.09. The molecule has 2 unspecified atom stereocenters. The maximum atomic E-state index is 14.1. The molecule has 0 spiro atoms. The minimum Gasteiger partial charge on any atom is -0.382 e. The fourth-order valence-electron chi connectivity index (χ4n) is 4.19. The molecule has 0 aliphatic carbocycles. The van der Waals surface area contributed by atoms with Crippen molar-refractivity contribution in [2.24, 2.45) is 0 Å². The second kappa shape index (κ2) is 11.2. The number of halogens is 9. The second-order valence-corrected chi connectivity index (χ2v) is 9.44. The van der Waals surface area contributed by atoms with Gasteiger partial charge in [0.1, 0.15) is 23.9 Å². The summed E-state index contributed by atoms with van der Waals surface area (Å²) < 4.78 is 107. The van der Waals surface area contributed by atoms with Gasteiger partial charge >= 0.3 is 12.4 Å². The average Bonchev–Trinajstić information content (AvgIpc) is 3.24. The van der Waals surface area contributed by atoms with Crippen molar-refractivity contribution in [3.8, 4) is 0 Å². The molecule has 4 N–H and O–H groups in total. The van der Waals surface area contributed by atoms with Crippen molar-refractivity contribution in [3.05, 3.63) is 87.2 Å². The Morgan fingerprint density at radius 1 is 1.02 bits per heavy atom. The van der Waals surface area contributed by atoms with Crippen LogP contribution in [-0.2, 0) is 17.5 Å². The molecule has 4 rings (SSSR count). The Balaban J connectivity index is 1.81. The van der Waals surface area contributed by atoms with Crippen LogP contribution in [0.25, 0.3) is 0 Å². The van der Waals surface area contributed by atoms with Crippen molar-refractivity contribution in [1.29, 1.82) is 0 Å². The van der Waals surface area contributed by atoms with E-state index in [9.17, 15) is 54.6 Å². The summed E-state index contributed by atoms with van der Waals surface area (Å²) in [5.74, 6) is -5.52. The van der Waals surface area contributed by atoms with Crippen LogP contribution in [0.15, 0.2) is 42.5 Å². The third kappa shape index (κ3) is 6.49. The number of aromatic nitrogens is 1. The first-order chi connectivity index (χ1) is 19.5. The van der Waals surface area contributed by atoms with Gasteiger partial charge in [-0.3, -0.25) is 14.4 Å². The van der Waals surface area contributed by atoms with Gasteiger partial charge in [0.25, 0.3) is 11.8 Å². The largest absolute Gasteiger partial charge is 0.416 e. The van der Waals surface area contributed by atoms with Crippen molar-refractivity contribution >= 4 is 35.0 Å². The number of hydrogen-bond donors (Lipinski definition) is 4. The zero-order valence-electron chi connectivity index (χ0n) is 20.6. The van der Waals surface area contributed by atoms with Crippen LogP contribution in [0.4, 0.5) is 40.8 Å². The number of carbonyl (C=O) groups is 3. The predicted molar refractivity (Wildman–Crippen MR) is 130 cm³/mol. The van der Waals surface area contributed by atoms with Crippen LogP contribution in [0.2, 0.25) is 5.02 Å². The van der Waals surface area contributed by atoms with Gasteiger partial charge < -0.3 is 25.6 Å². The molecule has 2 aromatic carbocycles. The molecule has 42 heavy (non-hydrogen) atoms. The minimum atomic E-state index is -5.08. The van der Waals surface area contributed by atoms with Gasteiger partial charge in [-0.05, 0) is 42.5 Å². The highest BCUT2D eigenvalue weighted by Gasteiger charge is 2.39. The number of rotatable bonds is 6. The van der Waals surface area contributed by atoms with Gasteiger partial charge in [-0.15, -0.1) is 0 Å². The number of anilines is 1. The predicted octanol–water partition coefficient (Wildman–Crippen LogP) is 4.56. The molecule has 2 heterocycles. The second-order valence-electron chi connectivity index (χ2n) is 9.03. The summed E-state index contributed by atoms with van der Waals surface area (Å²) in [6.07, 6.45) is -13.0. The molecular weight excluding hydrogens is 608 g/mol. The molecule has 0 saturated heterocycles. The molecule has 1 aliphatic rings. The van der Waals surface area contributed by atoms with Gasteiger partial charge in [0, 0.05) is 16.1 Å². The van der Waals surface area contributed by atoms with E-state index in [1.54, 1.807) is 0 Å². The van der Waals surface area contributed by atoms with E-state index in [2.05, 4.69) is 10.6 Å². The summed E-state index contributed by atoms with van der Waals surface area (Å²) in [5, 5.41) is 15.7. The molecular formula is C25H17ClF8N4O4. The molecule has 3 amide bonds. The Hall–Kier alpha value is -4.18. The van der Waals surface area contributed by atoms with E-state index in [0.29, 0.717) is 12.1 Å². The highest BCUT2D eigenvalue weighted by atomic mass is 35.5. The van der Waals surface area contributed by atoms with Crippen LogP contribution in [0.5, 0.6) is 0 Å². The fourth-order valence-corrected chi connectivity index (χ4v) is 4.41. The molecule has 1 aromatic heterocycles. The summed E-state index contributed by atoms with van der Waals surface area (Å²) in [6.45, 7) is -1.93. The van der Waals surface area contributed by atoms with Crippen molar-refractivity contribution in [3.63, 3.8) is 0 Å². The maximum Gasteiger partial charge on any atom is 0.416 e. The van der Waals surface area contributed by atoms with E-state index in [4.69, 9.17) is 11.6 Å². The van der Waals surface area contributed by atoms with E-state index >= 15 is 0 Å². The lowest BCUT2D eigenvalue weighted by molar-refractivity contribution is -0.201. The number of hydrogen-bond acceptors (Lipinski definition) is 4. The number of alkyl halides is 6. The Bertz CT molecular complexity index is 1570. The summed E-state index contributed by atoms with van der Waals surface area (Å²) >= 11 is 6.20. The van der Waals surface area contributed by atoms with Crippen molar-refractivity contribution in [2.75, 3.05) is 11.9 Å². The Morgan fingerprint density at radius 2 is 1.71 bits per heavy atom. The fraction of sp³-hybridized carbons (Fsp3) is 0.240. The molecule has 0 fully saturated rings. The van der Waals surface area contributed by atoms with Crippen LogP contribution in [0.1, 0.15) is 43.7 Å². The summed E-state index contributed by atoms with van der Waals surface area (Å²) in [4.78, 5) is 38.4. The van der Waals surface area contributed by atoms with E-state index in [-0.39, 0.29) is 28.0 Å². The number of carbonyl (C=O) groups excluding carboxylic acids is 3. The van der Waals surface area contributed by atoms with Gasteiger partial charge in [0.05, 0.1) is 29.5 Å². The van der Waals surface area contributed by atoms with E-state index in [1.165, 1.54) is 0 Å². The number of nitrogens with zero attached hydrogens (tertiary/aromatic N) is 1. The van der Waals surface area contributed by atoms with Gasteiger partial charge in [-0.25, -0.2) is 8.78 Å². The third-order valence-corrected chi connectivity index (χ3v) is 6.43. The molecule has 2 atom stereocenters. The number of aliphatic hydroxyl groups excluding tert-OH is 1. The lowest BCUT2D eigenvalue weighted by Crippen LogP contribution is -2.43. The molecule has 17 heteroatoms. The molecule has 0 radical (unpaired) electrons. The number of benzene rings is 2. The number of aliphatic hydroxyl groups is 1. The lowest BCUT2D eigenvalue weighted by Gasteiger charge is -2.29. The van der Waals surface area contributed by atoms with Crippen molar-refractivity contribution in [1.82, 2.24) is 15.2 Å². The Labute approximate surface area is 235 Å². The van der Waals surface area contributed by atoms with Crippen LogP contribution in [0, 0.1) is 11.6 Å². The zero-order chi connectivity index (χ0) is 31.1. The smallest absolute Gasteiger partial charge is 0.382 e. The highest BCUT2D eigenvalue weighted by molar-refractivity contribution is 6.31. The van der Waals surface area contributed by atoms with Gasteiger partial charge in [-0.1, -0.05) is 11.6 Å². The maximum absolute atomic E-state index is 14.1. The molecule has 224 valence electrons. The summed E-state index contributed by atoms with van der Waals surface area (Å²) in [5.41, 5.74) is -3.39. The first kappa shape index (κ1) is 30.8. The normalized spacial score (nSPS) is 16.0. The monoisotopic (exact) mass is 624 g/mol. The summed E-state index contributed by atoms with van der Waals surface area (Å²) in [7, 11) is 0. The van der Waals surface area contributed by atoms with Crippen molar-refractivity contribution < 1.29 is 54.6 Å². The van der Waals surface area contributed by atoms with Gasteiger partial charge in [0.2, 0.25) is 5.91 Å². The first-order valence-corrected chi connectivity index (χ1v) is 12.0. The number of amides is 3. The first-order valence-electron chi connectivity index (χ1n) is 11.7. The molecule has 8 nitrogen and oxygen atoms in total. The minimum absolute atomic E-state index is 0.0795. The SMILES string of the molecule is O=C1Cn2c(C(=O)NCC(O)C(F)(F)F)cc(NC(=O)c3cc(F)cc(C(F)(F)F)c3)c2C(c2cc(F)ccc2Cl)N1. The molecule has 0 bridgehead atoms. The number of nitrogens with one attached hydrogen (secondary N) is 3. The molecule has 1 aliphatic heterocycles. The Kier molecular flexibility index (Phi) is 8.24. The van der Waals surface area contributed by atoms with Crippen molar-refractivity contribution in [2.45, 2.75) is 31.0 Å². The van der Waals surface area contributed by atoms with Crippen LogP contribution < -0.4 is 16.0 Å². The van der Waals surface area contributed by atoms with Gasteiger partial charge in [-0.2, -0.15) is 26.3 Å². The van der Waals surface area contributed by atoms with Crippen LogP contribution in [-0.4, -0.2) is 46.2 Å². The summed E-state index contributed by atoms with van der Waals surface area (Å²) in [6, 6.07) is 3.58. The van der Waals surface area contributed by atoms with Crippen LogP contribution >= 0.6 is 11.6 Å². The van der Waals surface area contributed by atoms with Crippen LogP contribution in [0.3, 0.4) is 0 Å². The van der Waals surface area contributed by atoms with E-state index in [1.807, 2.05) is 5.32 Å². The molecule has 0 saturated carbocycles. The zero-order valence-corrected chi connectivity index (χ0v) is 21.4. The standard InChI is InChI=1S/C25H17ClF8N4O4/c26-15-2-1-12(27)6-14(15)20-21-16(36-22(41)10-3-11(24(29,30)31)5-13(28)4-10)7-17(38(21)9-19(40)37-20)23(42)35-8-18(39)25(32,33)34/h1-7,18,20,39H,8-9H2,(H,35,42)(H,36,41)(H,37,40). The average molecular weight is 625 g/mol. The Morgan fingerprint density at radius 3 is 2.36 bits per heavy atom. The molecule has 3 aromatic rings. The van der Waals surface area contributed by atoms with E-state index in [0.717, 1.165) is 28.8 Å². The quantitative estimate of drug-likeness (QED) is 0.301. The highest BCUT2D eigenvalue weighted by Crippen LogP contribution is 2.38.